The molecule has 11 heteroatoms. The number of fused-ring (bicyclic) bond motifs is 1. The molecule has 1 amide bonds. The average Bonchev–Trinajstić information content (AvgIpc) is 3.23. The molecule has 0 aliphatic heterocycles. The van der Waals surface area contributed by atoms with Gasteiger partial charge in [0.25, 0.3) is 0 Å². The van der Waals surface area contributed by atoms with Crippen molar-refractivity contribution in [1.29, 1.82) is 0 Å². The number of halogens is 6. The number of rotatable bonds is 5. The summed E-state index contributed by atoms with van der Waals surface area (Å²) in [6.45, 7) is 0. The molecule has 2 aromatic heterocycles. The van der Waals surface area contributed by atoms with Gasteiger partial charge in [-0.1, -0.05) is 11.6 Å². The van der Waals surface area contributed by atoms with E-state index in [2.05, 4.69) is 4.98 Å². The molecule has 0 aliphatic rings. The molecule has 4 rings (SSSR count). The predicted octanol–water partition coefficient (Wildman–Crippen LogP) is 5.63. The van der Waals surface area contributed by atoms with Crippen molar-refractivity contribution >= 4 is 35.0 Å². The summed E-state index contributed by atoms with van der Waals surface area (Å²) in [6, 6.07) is 5.57. The van der Waals surface area contributed by atoms with Crippen molar-refractivity contribution in [3.63, 3.8) is 0 Å². The lowest BCUT2D eigenvalue weighted by atomic mass is 9.97. The van der Waals surface area contributed by atoms with Gasteiger partial charge in [-0.25, -0.2) is 13.8 Å². The van der Waals surface area contributed by atoms with Gasteiger partial charge in [-0.2, -0.15) is 13.2 Å². The van der Waals surface area contributed by atoms with E-state index in [1.807, 2.05) is 0 Å². The molecule has 0 spiro atoms. The van der Waals surface area contributed by atoms with Crippen LogP contribution in [0.4, 0.5) is 33.3 Å². The molecule has 4 aromatic rings. The van der Waals surface area contributed by atoms with Gasteiger partial charge in [-0.15, -0.1) is 0 Å². The molecule has 2 N–H and O–H groups in total. The van der Waals surface area contributed by atoms with E-state index in [1.54, 1.807) is 10.6 Å². The number of hydrogen-bond acceptors (Lipinski definition) is 3. The van der Waals surface area contributed by atoms with Gasteiger partial charge in [-0.3, -0.25) is 9.69 Å². The minimum Gasteiger partial charge on any atom is -0.320 e. The van der Waals surface area contributed by atoms with Crippen molar-refractivity contribution in [3.05, 3.63) is 94.4 Å². The van der Waals surface area contributed by atoms with E-state index >= 15 is 0 Å². The SMILES string of the molecule is NC(c1cc(F)ccc1Cl)c1c(N(C=O)c2cc(F)cc(C(F)(F)F)c2)ccn2ccnc12. The second-order valence-electron chi connectivity index (χ2n) is 7.09. The fourth-order valence-electron chi connectivity index (χ4n) is 3.55. The molecule has 1 atom stereocenters. The van der Waals surface area contributed by atoms with Gasteiger partial charge in [-0.05, 0) is 48.0 Å². The summed E-state index contributed by atoms with van der Waals surface area (Å²) >= 11 is 6.21. The van der Waals surface area contributed by atoms with Crippen LogP contribution in [0.1, 0.15) is 22.7 Å². The van der Waals surface area contributed by atoms with Crippen molar-refractivity contribution in [3.8, 4) is 0 Å². The summed E-state index contributed by atoms with van der Waals surface area (Å²) in [5.74, 6) is -1.80. The number of hydrogen-bond donors (Lipinski definition) is 1. The lowest BCUT2D eigenvalue weighted by Gasteiger charge is -2.25. The maximum atomic E-state index is 14.1. The van der Waals surface area contributed by atoms with Crippen molar-refractivity contribution in [2.24, 2.45) is 5.73 Å². The Kier molecular flexibility index (Phi) is 5.81. The zero-order chi connectivity index (χ0) is 23.9. The van der Waals surface area contributed by atoms with Crippen LogP contribution in [0, 0.1) is 11.6 Å². The Labute approximate surface area is 188 Å². The quantitative estimate of drug-likeness (QED) is 0.297. The van der Waals surface area contributed by atoms with Crippen LogP contribution < -0.4 is 10.6 Å². The highest BCUT2D eigenvalue weighted by atomic mass is 35.5. The standard InChI is InChI=1S/C22H14ClF5N4O/c23-17-2-1-13(24)10-16(17)20(29)19-18(3-5-31-6-4-30-21(19)31)32(11-33)15-8-12(22(26,27)28)7-14(25)9-15/h1-11,20H,29H2. The fourth-order valence-corrected chi connectivity index (χ4v) is 3.78. The molecule has 2 heterocycles. The van der Waals surface area contributed by atoms with E-state index < -0.39 is 29.4 Å². The molecular weight excluding hydrogens is 467 g/mol. The van der Waals surface area contributed by atoms with Crippen LogP contribution in [0.15, 0.2) is 61.1 Å². The van der Waals surface area contributed by atoms with Crippen LogP contribution in [0.2, 0.25) is 5.02 Å². The van der Waals surface area contributed by atoms with Gasteiger partial charge in [0.1, 0.15) is 17.3 Å². The first-order valence-corrected chi connectivity index (χ1v) is 9.76. The number of amides is 1. The Balaban J connectivity index is 1.96. The Morgan fingerprint density at radius 2 is 1.82 bits per heavy atom. The Morgan fingerprint density at radius 3 is 2.52 bits per heavy atom. The maximum Gasteiger partial charge on any atom is 0.416 e. The summed E-state index contributed by atoms with van der Waals surface area (Å²) in [5, 5.41) is 0.131. The fraction of sp³-hybridized carbons (Fsp3) is 0.0909. The van der Waals surface area contributed by atoms with Crippen molar-refractivity contribution < 1.29 is 26.7 Å². The molecule has 1 unspecified atom stereocenters. The first kappa shape index (κ1) is 22.7. The monoisotopic (exact) mass is 480 g/mol. The largest absolute Gasteiger partial charge is 0.416 e. The molecule has 33 heavy (non-hydrogen) atoms. The van der Waals surface area contributed by atoms with Crippen molar-refractivity contribution in [2.45, 2.75) is 12.2 Å². The molecule has 0 fully saturated rings. The Hall–Kier alpha value is -3.50. The lowest BCUT2D eigenvalue weighted by Crippen LogP contribution is -2.22. The van der Waals surface area contributed by atoms with Crippen LogP contribution in [-0.4, -0.2) is 15.8 Å². The zero-order valence-corrected chi connectivity index (χ0v) is 17.3. The summed E-state index contributed by atoms with van der Waals surface area (Å²) < 4.78 is 69.2. The van der Waals surface area contributed by atoms with Gasteiger partial charge in [0, 0.05) is 29.2 Å². The molecule has 0 bridgehead atoms. The maximum absolute atomic E-state index is 14.1. The molecule has 0 saturated heterocycles. The molecule has 0 saturated carbocycles. The van der Waals surface area contributed by atoms with E-state index in [1.165, 1.54) is 24.5 Å². The minimum atomic E-state index is -4.84. The first-order valence-electron chi connectivity index (χ1n) is 9.38. The highest BCUT2D eigenvalue weighted by Gasteiger charge is 2.32. The number of aromatic nitrogens is 2. The summed E-state index contributed by atoms with van der Waals surface area (Å²) in [6.07, 6.45) is -0.0865. The highest BCUT2D eigenvalue weighted by Crippen LogP contribution is 2.39. The third kappa shape index (κ3) is 4.27. The summed E-state index contributed by atoms with van der Waals surface area (Å²) in [7, 11) is 0. The van der Waals surface area contributed by atoms with Gasteiger partial charge in [0.2, 0.25) is 6.41 Å². The van der Waals surface area contributed by atoms with Gasteiger partial charge in [0.15, 0.2) is 0 Å². The van der Waals surface area contributed by atoms with Gasteiger partial charge >= 0.3 is 6.18 Å². The molecule has 2 aromatic carbocycles. The second kappa shape index (κ2) is 8.45. The number of nitrogens with two attached hydrogens (primary N) is 1. The number of alkyl halides is 3. The van der Waals surface area contributed by atoms with Crippen LogP contribution >= 0.6 is 11.6 Å². The average molecular weight is 481 g/mol. The number of pyridine rings is 1. The van der Waals surface area contributed by atoms with Crippen molar-refractivity contribution in [2.75, 3.05) is 4.90 Å². The minimum absolute atomic E-state index is 0.0234. The number of carbonyl (C=O) groups excluding carboxylic acids is 1. The molecular formula is C22H14ClF5N4O. The van der Waals surface area contributed by atoms with E-state index in [-0.39, 0.29) is 39.6 Å². The number of benzene rings is 2. The zero-order valence-electron chi connectivity index (χ0n) is 16.5. The predicted molar refractivity (Wildman–Crippen MR) is 112 cm³/mol. The summed E-state index contributed by atoms with van der Waals surface area (Å²) in [4.78, 5) is 17.1. The van der Waals surface area contributed by atoms with E-state index in [0.29, 0.717) is 12.1 Å². The topological polar surface area (TPSA) is 63.6 Å². The third-order valence-corrected chi connectivity index (χ3v) is 5.38. The highest BCUT2D eigenvalue weighted by molar-refractivity contribution is 6.31. The number of imidazole rings is 1. The van der Waals surface area contributed by atoms with E-state index in [4.69, 9.17) is 17.3 Å². The number of nitrogens with zero attached hydrogens (tertiary/aromatic N) is 3. The first-order chi connectivity index (χ1) is 15.6. The summed E-state index contributed by atoms with van der Waals surface area (Å²) in [5.41, 5.74) is 5.36. The van der Waals surface area contributed by atoms with Gasteiger partial charge < -0.3 is 10.1 Å². The van der Waals surface area contributed by atoms with Crippen LogP contribution in [0.25, 0.3) is 5.65 Å². The number of carbonyl (C=O) groups is 1. The Morgan fingerprint density at radius 1 is 1.06 bits per heavy atom. The van der Waals surface area contributed by atoms with Crippen LogP contribution in [-0.2, 0) is 11.0 Å². The number of anilines is 2. The van der Waals surface area contributed by atoms with Crippen molar-refractivity contribution in [1.82, 2.24) is 9.38 Å². The molecule has 5 nitrogen and oxygen atoms in total. The van der Waals surface area contributed by atoms with E-state index in [0.717, 1.165) is 23.1 Å². The lowest BCUT2D eigenvalue weighted by molar-refractivity contribution is -0.137. The van der Waals surface area contributed by atoms with Gasteiger partial charge in [0.05, 0.1) is 23.0 Å². The smallest absolute Gasteiger partial charge is 0.320 e. The van der Waals surface area contributed by atoms with Crippen LogP contribution in [0.3, 0.4) is 0 Å². The third-order valence-electron chi connectivity index (χ3n) is 5.04. The molecule has 0 aliphatic carbocycles. The molecule has 170 valence electrons. The normalized spacial score (nSPS) is 12.7. The Bertz CT molecular complexity index is 1350. The second-order valence-corrected chi connectivity index (χ2v) is 7.49. The van der Waals surface area contributed by atoms with Crippen LogP contribution in [0.5, 0.6) is 0 Å². The van der Waals surface area contributed by atoms with E-state index in [9.17, 15) is 26.7 Å². The molecule has 0 radical (unpaired) electrons.